The molecule has 6 heteroatoms. The van der Waals surface area contributed by atoms with E-state index in [9.17, 15) is 9.59 Å². The summed E-state index contributed by atoms with van der Waals surface area (Å²) in [5, 5.41) is 11.8. The Bertz CT molecular complexity index is 964. The predicted molar refractivity (Wildman–Crippen MR) is 105 cm³/mol. The summed E-state index contributed by atoms with van der Waals surface area (Å²) in [6.07, 6.45) is 0.529. The van der Waals surface area contributed by atoms with Crippen molar-refractivity contribution in [2.45, 2.75) is 32.7 Å². The van der Waals surface area contributed by atoms with Gasteiger partial charge in [0.2, 0.25) is 0 Å². The van der Waals surface area contributed by atoms with E-state index >= 15 is 0 Å². The summed E-state index contributed by atoms with van der Waals surface area (Å²) in [5.41, 5.74) is 2.04. The Hall–Kier alpha value is -3.33. The number of carbonyl (C=O) groups excluding carboxylic acids is 2. The van der Waals surface area contributed by atoms with E-state index in [0.717, 1.165) is 16.9 Å². The number of nitriles is 1. The van der Waals surface area contributed by atoms with Crippen LogP contribution in [0.15, 0.2) is 42.5 Å². The quantitative estimate of drug-likeness (QED) is 0.618. The van der Waals surface area contributed by atoms with Crippen LogP contribution in [0.4, 0.5) is 4.79 Å². The topological polar surface area (TPSA) is 82.4 Å². The number of amides is 3. The molecule has 3 rings (SSSR count). The molecule has 0 spiro atoms. The van der Waals surface area contributed by atoms with Crippen LogP contribution in [-0.2, 0) is 10.3 Å². The highest BCUT2D eigenvalue weighted by molar-refractivity contribution is 6.07. The van der Waals surface area contributed by atoms with Crippen LogP contribution in [0.3, 0.4) is 0 Å². The molecule has 2 aromatic carbocycles. The summed E-state index contributed by atoms with van der Waals surface area (Å²) in [7, 11) is 0. The summed E-state index contributed by atoms with van der Waals surface area (Å²) in [6.45, 7) is 6.32. The Labute approximate surface area is 164 Å². The molecular weight excluding hydrogens is 354 g/mol. The Kier molecular flexibility index (Phi) is 5.36. The van der Waals surface area contributed by atoms with Crippen LogP contribution in [0, 0.1) is 25.2 Å². The lowest BCUT2D eigenvalue weighted by Crippen LogP contribution is -2.41. The molecule has 1 heterocycles. The Morgan fingerprint density at radius 1 is 1.18 bits per heavy atom. The number of benzene rings is 2. The van der Waals surface area contributed by atoms with Crippen LogP contribution in [0.25, 0.3) is 0 Å². The predicted octanol–water partition coefficient (Wildman–Crippen LogP) is 3.41. The lowest BCUT2D eigenvalue weighted by Gasteiger charge is -2.22. The van der Waals surface area contributed by atoms with Crippen LogP contribution in [0.1, 0.15) is 35.6 Å². The molecule has 0 aromatic heterocycles. The van der Waals surface area contributed by atoms with Crippen LogP contribution >= 0.6 is 0 Å². The van der Waals surface area contributed by atoms with Crippen molar-refractivity contribution >= 4 is 11.9 Å². The van der Waals surface area contributed by atoms with Crippen molar-refractivity contribution in [2.75, 3.05) is 13.2 Å². The van der Waals surface area contributed by atoms with Crippen molar-refractivity contribution in [3.8, 4) is 11.8 Å². The minimum absolute atomic E-state index is 0.267. The maximum atomic E-state index is 12.9. The number of urea groups is 1. The summed E-state index contributed by atoms with van der Waals surface area (Å²) >= 11 is 0. The van der Waals surface area contributed by atoms with Crippen molar-refractivity contribution in [3.05, 3.63) is 64.7 Å². The Morgan fingerprint density at radius 2 is 1.96 bits per heavy atom. The number of hydrogen-bond donors (Lipinski definition) is 1. The van der Waals surface area contributed by atoms with Gasteiger partial charge in [0, 0.05) is 6.54 Å². The highest BCUT2D eigenvalue weighted by Gasteiger charge is 2.48. The molecule has 3 amide bonds. The van der Waals surface area contributed by atoms with Gasteiger partial charge in [-0.3, -0.25) is 9.69 Å². The molecule has 0 radical (unpaired) electrons. The number of imide groups is 1. The van der Waals surface area contributed by atoms with E-state index in [1.807, 2.05) is 32.0 Å². The normalized spacial score (nSPS) is 18.7. The lowest BCUT2D eigenvalue weighted by molar-refractivity contribution is -0.131. The highest BCUT2D eigenvalue weighted by Crippen LogP contribution is 2.29. The molecule has 28 heavy (non-hydrogen) atoms. The SMILES string of the molecule is Cc1ccc(C)c(OCCCN2C(=O)NC(C)(c3cccc(C#N)c3)C2=O)c1. The molecule has 6 nitrogen and oxygen atoms in total. The number of aryl methyl sites for hydroxylation is 2. The van der Waals surface area contributed by atoms with Crippen LogP contribution < -0.4 is 10.1 Å². The van der Waals surface area contributed by atoms with E-state index in [4.69, 9.17) is 10.00 Å². The number of hydrogen-bond acceptors (Lipinski definition) is 4. The maximum Gasteiger partial charge on any atom is 0.325 e. The third kappa shape index (κ3) is 3.70. The number of ether oxygens (including phenoxy) is 1. The van der Waals surface area contributed by atoms with Gasteiger partial charge in [0.05, 0.1) is 18.2 Å². The van der Waals surface area contributed by atoms with Gasteiger partial charge in [0.15, 0.2) is 0 Å². The molecule has 144 valence electrons. The molecule has 2 aromatic rings. The first-order valence-corrected chi connectivity index (χ1v) is 9.20. The number of carbonyl (C=O) groups is 2. The molecule has 1 N–H and O–H groups in total. The fraction of sp³-hybridized carbons (Fsp3) is 0.318. The molecular formula is C22H23N3O3. The third-order valence-corrected chi connectivity index (χ3v) is 4.97. The number of nitrogens with one attached hydrogen (secondary N) is 1. The zero-order chi connectivity index (χ0) is 20.3. The second-order valence-corrected chi connectivity index (χ2v) is 7.18. The maximum absolute atomic E-state index is 12.9. The van der Waals surface area contributed by atoms with Gasteiger partial charge in [-0.15, -0.1) is 0 Å². The Balaban J connectivity index is 1.64. The summed E-state index contributed by atoms with van der Waals surface area (Å²) in [5.74, 6) is 0.495. The fourth-order valence-electron chi connectivity index (χ4n) is 3.26. The van der Waals surface area contributed by atoms with Gasteiger partial charge in [-0.1, -0.05) is 24.3 Å². The molecule has 1 aliphatic rings. The van der Waals surface area contributed by atoms with Gasteiger partial charge >= 0.3 is 6.03 Å². The van der Waals surface area contributed by atoms with Crippen molar-refractivity contribution in [1.29, 1.82) is 5.26 Å². The van der Waals surface area contributed by atoms with Gasteiger partial charge in [-0.2, -0.15) is 5.26 Å². The largest absolute Gasteiger partial charge is 0.493 e. The van der Waals surface area contributed by atoms with E-state index in [-0.39, 0.29) is 12.5 Å². The van der Waals surface area contributed by atoms with Gasteiger partial charge in [0.25, 0.3) is 5.91 Å². The first-order chi connectivity index (χ1) is 13.3. The second kappa shape index (κ2) is 7.73. The molecule has 1 atom stereocenters. The average molecular weight is 377 g/mol. The molecule has 0 saturated carbocycles. The third-order valence-electron chi connectivity index (χ3n) is 4.97. The number of rotatable bonds is 6. The van der Waals surface area contributed by atoms with Gasteiger partial charge in [0.1, 0.15) is 11.3 Å². The molecule has 0 bridgehead atoms. The average Bonchev–Trinajstić information content (AvgIpc) is 2.91. The fourth-order valence-corrected chi connectivity index (χ4v) is 3.26. The molecule has 1 saturated heterocycles. The first kappa shape index (κ1) is 19.4. The van der Waals surface area contributed by atoms with Gasteiger partial charge in [-0.05, 0) is 62.1 Å². The number of nitrogens with zero attached hydrogens (tertiary/aromatic N) is 2. The van der Waals surface area contributed by atoms with E-state index in [2.05, 4.69) is 11.4 Å². The highest BCUT2D eigenvalue weighted by atomic mass is 16.5. The molecule has 0 aliphatic carbocycles. The zero-order valence-corrected chi connectivity index (χ0v) is 16.3. The van der Waals surface area contributed by atoms with Crippen molar-refractivity contribution in [3.63, 3.8) is 0 Å². The minimum atomic E-state index is -1.17. The monoisotopic (exact) mass is 377 g/mol. The van der Waals surface area contributed by atoms with Crippen LogP contribution in [0.2, 0.25) is 0 Å². The minimum Gasteiger partial charge on any atom is -0.493 e. The van der Waals surface area contributed by atoms with Crippen molar-refractivity contribution in [1.82, 2.24) is 10.2 Å². The van der Waals surface area contributed by atoms with E-state index in [1.165, 1.54) is 4.90 Å². The van der Waals surface area contributed by atoms with Gasteiger partial charge < -0.3 is 10.1 Å². The lowest BCUT2D eigenvalue weighted by atomic mass is 9.91. The molecule has 1 fully saturated rings. The first-order valence-electron chi connectivity index (χ1n) is 9.20. The van der Waals surface area contributed by atoms with E-state index in [1.54, 1.807) is 31.2 Å². The van der Waals surface area contributed by atoms with Crippen molar-refractivity contribution < 1.29 is 14.3 Å². The molecule has 1 unspecified atom stereocenters. The van der Waals surface area contributed by atoms with E-state index in [0.29, 0.717) is 24.2 Å². The smallest absolute Gasteiger partial charge is 0.325 e. The summed E-state index contributed by atoms with van der Waals surface area (Å²) in [6, 6.07) is 14.4. The Morgan fingerprint density at radius 3 is 2.71 bits per heavy atom. The van der Waals surface area contributed by atoms with Crippen LogP contribution in [0.5, 0.6) is 5.75 Å². The zero-order valence-electron chi connectivity index (χ0n) is 16.3. The second-order valence-electron chi connectivity index (χ2n) is 7.18. The van der Waals surface area contributed by atoms with E-state index < -0.39 is 11.6 Å². The van der Waals surface area contributed by atoms with Crippen molar-refractivity contribution in [2.24, 2.45) is 0 Å². The molecule has 1 aliphatic heterocycles. The standard InChI is InChI=1S/C22H23N3O3/c1-15-8-9-16(2)19(12-15)28-11-5-10-25-20(26)22(3,24-21(25)27)18-7-4-6-17(13-18)14-23/h4,6-9,12-13H,5,10-11H2,1-3H3,(H,24,27). The van der Waals surface area contributed by atoms with Gasteiger partial charge in [-0.25, -0.2) is 4.79 Å². The summed E-state index contributed by atoms with van der Waals surface area (Å²) < 4.78 is 5.81. The summed E-state index contributed by atoms with van der Waals surface area (Å²) in [4.78, 5) is 26.5. The van der Waals surface area contributed by atoms with Crippen LogP contribution in [-0.4, -0.2) is 30.0 Å².